The van der Waals surface area contributed by atoms with E-state index in [4.69, 9.17) is 10.1 Å². The van der Waals surface area contributed by atoms with Crippen molar-refractivity contribution in [1.82, 2.24) is 0 Å². The van der Waals surface area contributed by atoms with Gasteiger partial charge in [-0.15, -0.1) is 0 Å². The average Bonchev–Trinajstić information content (AvgIpc) is 2.26. The van der Waals surface area contributed by atoms with E-state index < -0.39 is 12.1 Å². The van der Waals surface area contributed by atoms with Crippen molar-refractivity contribution in [2.75, 3.05) is 0 Å². The molecule has 78 valence electrons. The Balaban J connectivity index is 2.71. The van der Waals surface area contributed by atoms with Gasteiger partial charge in [0.05, 0.1) is 5.56 Å². The Kier molecular flexibility index (Phi) is 3.74. The first-order chi connectivity index (χ1) is 7.15. The van der Waals surface area contributed by atoms with E-state index in [9.17, 15) is 9.59 Å². The predicted molar refractivity (Wildman–Crippen MR) is 55.1 cm³/mol. The van der Waals surface area contributed by atoms with Crippen molar-refractivity contribution >= 4 is 18.0 Å². The van der Waals surface area contributed by atoms with Gasteiger partial charge in [-0.05, 0) is 19.1 Å². The predicted octanol–water partition coefficient (Wildman–Crippen LogP) is 1.45. The van der Waals surface area contributed by atoms with Gasteiger partial charge in [0.1, 0.15) is 0 Å². The molecule has 0 bridgehead atoms. The molecule has 0 saturated heterocycles. The van der Waals surface area contributed by atoms with Gasteiger partial charge in [-0.2, -0.15) is 0 Å². The van der Waals surface area contributed by atoms with Crippen LogP contribution in [0.15, 0.2) is 30.3 Å². The third-order valence-corrected chi connectivity index (χ3v) is 1.80. The minimum absolute atomic E-state index is 0.366. The van der Waals surface area contributed by atoms with Crippen LogP contribution in [0.4, 0.5) is 0 Å². The van der Waals surface area contributed by atoms with E-state index in [1.54, 1.807) is 30.3 Å². The maximum atomic E-state index is 11.4. The van der Waals surface area contributed by atoms with Crippen molar-refractivity contribution in [1.29, 1.82) is 5.41 Å². The lowest BCUT2D eigenvalue weighted by Crippen LogP contribution is -2.26. The van der Waals surface area contributed by atoms with Gasteiger partial charge in [0.25, 0.3) is 0 Å². The summed E-state index contributed by atoms with van der Waals surface area (Å²) >= 11 is 0. The lowest BCUT2D eigenvalue weighted by molar-refractivity contribution is -0.122. The molecule has 0 aliphatic carbocycles. The van der Waals surface area contributed by atoms with E-state index in [1.807, 2.05) is 0 Å². The molecule has 0 aliphatic rings. The fourth-order valence-corrected chi connectivity index (χ4v) is 0.992. The number of ketones is 1. The van der Waals surface area contributed by atoms with Crippen LogP contribution in [0.3, 0.4) is 0 Å². The molecular weight excluding hydrogens is 194 g/mol. The molecule has 0 aliphatic heterocycles. The molecule has 4 nitrogen and oxygen atoms in total. The summed E-state index contributed by atoms with van der Waals surface area (Å²) in [4.78, 5) is 22.4. The van der Waals surface area contributed by atoms with Crippen LogP contribution in [-0.4, -0.2) is 24.1 Å². The molecule has 0 heterocycles. The van der Waals surface area contributed by atoms with Gasteiger partial charge in [-0.3, -0.25) is 4.79 Å². The molecule has 4 heteroatoms. The first-order valence-corrected chi connectivity index (χ1v) is 4.42. The minimum Gasteiger partial charge on any atom is -0.445 e. The van der Waals surface area contributed by atoms with E-state index in [0.29, 0.717) is 5.56 Å². The van der Waals surface area contributed by atoms with Crippen LogP contribution in [0.5, 0.6) is 0 Å². The quantitative estimate of drug-likeness (QED) is 0.597. The summed E-state index contributed by atoms with van der Waals surface area (Å²) in [6.45, 7) is 1.27. The Morgan fingerprint density at radius 3 is 2.40 bits per heavy atom. The Hall–Kier alpha value is -1.97. The second-order valence-electron chi connectivity index (χ2n) is 2.97. The lowest BCUT2D eigenvalue weighted by Gasteiger charge is -2.09. The van der Waals surface area contributed by atoms with Crippen LogP contribution in [0.25, 0.3) is 0 Å². The third-order valence-electron chi connectivity index (χ3n) is 1.80. The van der Waals surface area contributed by atoms with E-state index in [0.717, 1.165) is 6.21 Å². The van der Waals surface area contributed by atoms with E-state index >= 15 is 0 Å². The van der Waals surface area contributed by atoms with Gasteiger partial charge in [-0.25, -0.2) is 4.79 Å². The van der Waals surface area contributed by atoms with Gasteiger partial charge >= 0.3 is 5.97 Å². The molecule has 0 fully saturated rings. The summed E-state index contributed by atoms with van der Waals surface area (Å²) in [5.74, 6) is -0.964. The average molecular weight is 205 g/mol. The van der Waals surface area contributed by atoms with Crippen LogP contribution >= 0.6 is 0 Å². The molecule has 0 radical (unpaired) electrons. The summed E-state index contributed by atoms with van der Waals surface area (Å²) in [6, 6.07) is 8.34. The highest BCUT2D eigenvalue weighted by Crippen LogP contribution is 2.03. The fraction of sp³-hybridized carbons (Fsp3) is 0.182. The fourth-order valence-electron chi connectivity index (χ4n) is 0.992. The van der Waals surface area contributed by atoms with Crippen molar-refractivity contribution in [3.8, 4) is 0 Å². The van der Waals surface area contributed by atoms with Crippen molar-refractivity contribution < 1.29 is 14.3 Å². The topological polar surface area (TPSA) is 67.2 Å². The molecule has 1 aromatic rings. The zero-order valence-electron chi connectivity index (χ0n) is 8.27. The maximum Gasteiger partial charge on any atom is 0.339 e. The van der Waals surface area contributed by atoms with E-state index in [2.05, 4.69) is 0 Å². The zero-order valence-corrected chi connectivity index (χ0v) is 8.27. The van der Waals surface area contributed by atoms with E-state index in [1.165, 1.54) is 6.92 Å². The summed E-state index contributed by atoms with van der Waals surface area (Å²) in [5, 5.41) is 6.92. The number of carbonyl (C=O) groups is 2. The second kappa shape index (κ2) is 5.05. The Bertz CT molecular complexity index is 373. The van der Waals surface area contributed by atoms with Crippen molar-refractivity contribution in [3.05, 3.63) is 35.9 Å². The highest BCUT2D eigenvalue weighted by molar-refractivity contribution is 5.99. The number of nitrogens with one attached hydrogen (secondary N) is 1. The number of carbonyl (C=O) groups excluding carboxylic acids is 2. The van der Waals surface area contributed by atoms with Gasteiger partial charge in [0.15, 0.2) is 11.9 Å². The molecule has 0 aromatic heterocycles. The maximum absolute atomic E-state index is 11.4. The van der Waals surface area contributed by atoms with Crippen molar-refractivity contribution in [3.63, 3.8) is 0 Å². The number of benzene rings is 1. The normalized spacial score (nSPS) is 11.5. The van der Waals surface area contributed by atoms with Gasteiger partial charge in [0.2, 0.25) is 0 Å². The minimum atomic E-state index is -1.09. The van der Waals surface area contributed by atoms with Crippen molar-refractivity contribution in [2.45, 2.75) is 13.0 Å². The summed E-state index contributed by atoms with van der Waals surface area (Å²) in [6.07, 6.45) is -0.277. The zero-order chi connectivity index (χ0) is 11.3. The number of rotatable bonds is 4. The number of esters is 1. The SMILES string of the molecule is CC(=O)C(C=N)OC(=O)c1ccccc1. The smallest absolute Gasteiger partial charge is 0.339 e. The Morgan fingerprint density at radius 1 is 1.33 bits per heavy atom. The molecule has 0 saturated carbocycles. The molecule has 1 unspecified atom stereocenters. The third kappa shape index (κ3) is 3.02. The van der Waals surface area contributed by atoms with Crippen LogP contribution in [0.2, 0.25) is 0 Å². The summed E-state index contributed by atoms with van der Waals surface area (Å²) in [5.41, 5.74) is 0.366. The Labute approximate surface area is 87.4 Å². The number of hydrogen-bond donors (Lipinski definition) is 1. The number of Topliss-reactive ketones (excluding diaryl/α,β-unsaturated/α-hetero) is 1. The molecule has 1 N–H and O–H groups in total. The molecular formula is C11H11NO3. The molecule has 1 aromatic carbocycles. The lowest BCUT2D eigenvalue weighted by atomic mass is 10.2. The summed E-state index contributed by atoms with van der Waals surface area (Å²) in [7, 11) is 0. The van der Waals surface area contributed by atoms with E-state index in [-0.39, 0.29) is 5.78 Å². The molecule has 1 rings (SSSR count). The Morgan fingerprint density at radius 2 is 1.93 bits per heavy atom. The van der Waals surface area contributed by atoms with Crippen LogP contribution in [0, 0.1) is 5.41 Å². The van der Waals surface area contributed by atoms with Crippen LogP contribution < -0.4 is 0 Å². The van der Waals surface area contributed by atoms with Crippen molar-refractivity contribution in [2.24, 2.45) is 0 Å². The second-order valence-corrected chi connectivity index (χ2v) is 2.97. The number of hydrogen-bond acceptors (Lipinski definition) is 4. The van der Waals surface area contributed by atoms with Crippen LogP contribution in [0.1, 0.15) is 17.3 Å². The summed E-state index contributed by atoms with van der Waals surface area (Å²) < 4.78 is 4.82. The molecule has 0 spiro atoms. The van der Waals surface area contributed by atoms with Gasteiger partial charge in [0, 0.05) is 6.21 Å². The van der Waals surface area contributed by atoms with Gasteiger partial charge < -0.3 is 10.1 Å². The molecule has 1 atom stereocenters. The first-order valence-electron chi connectivity index (χ1n) is 4.42. The van der Waals surface area contributed by atoms with Crippen LogP contribution in [-0.2, 0) is 9.53 Å². The number of ether oxygens (including phenoxy) is 1. The monoisotopic (exact) mass is 205 g/mol. The highest BCUT2D eigenvalue weighted by Gasteiger charge is 2.17. The largest absolute Gasteiger partial charge is 0.445 e. The molecule has 0 amide bonds. The first kappa shape index (κ1) is 11.1. The standard InChI is InChI=1S/C11H11NO3/c1-8(13)10(7-12)15-11(14)9-5-3-2-4-6-9/h2-7,10,12H,1H3. The molecule has 15 heavy (non-hydrogen) atoms. The van der Waals surface area contributed by atoms with Gasteiger partial charge in [-0.1, -0.05) is 18.2 Å². The highest BCUT2D eigenvalue weighted by atomic mass is 16.5.